The summed E-state index contributed by atoms with van der Waals surface area (Å²) in [4.78, 5) is 6.77. The van der Waals surface area contributed by atoms with Crippen molar-refractivity contribution in [3.63, 3.8) is 0 Å². The fraction of sp³-hybridized carbons (Fsp3) is 0.667. The molecule has 0 spiro atoms. The number of hydrogen-bond acceptors (Lipinski definition) is 3. The number of benzene rings is 1. The second kappa shape index (κ2) is 12.4. The van der Waals surface area contributed by atoms with Gasteiger partial charge in [0.25, 0.3) is 0 Å². The molecule has 1 fully saturated rings. The summed E-state index contributed by atoms with van der Waals surface area (Å²) in [7, 11) is 4.04. The molecule has 154 valence electrons. The Bertz CT molecular complexity index is 584. The molecule has 2 N–H and O–H groups in total. The van der Waals surface area contributed by atoms with E-state index in [4.69, 9.17) is 4.74 Å². The molecular weight excluding hydrogens is 451 g/mol. The monoisotopic (exact) mass is 488 g/mol. The molecule has 2 rings (SSSR count). The summed E-state index contributed by atoms with van der Waals surface area (Å²) in [6.07, 6.45) is 4.00. The highest BCUT2D eigenvalue weighted by atomic mass is 127. The van der Waals surface area contributed by atoms with Crippen molar-refractivity contribution >= 4 is 29.9 Å². The van der Waals surface area contributed by atoms with Gasteiger partial charge in [-0.15, -0.1) is 24.0 Å². The van der Waals surface area contributed by atoms with Crippen LogP contribution in [-0.2, 0) is 6.54 Å². The molecule has 0 amide bonds. The highest BCUT2D eigenvalue weighted by molar-refractivity contribution is 14.0. The number of rotatable bonds is 7. The maximum atomic E-state index is 5.96. The maximum Gasteiger partial charge on any atom is 0.191 e. The van der Waals surface area contributed by atoms with Gasteiger partial charge in [-0.2, -0.15) is 0 Å². The minimum Gasteiger partial charge on any atom is -0.491 e. The highest BCUT2D eigenvalue weighted by Gasteiger charge is 2.16. The quantitative estimate of drug-likeness (QED) is 0.348. The van der Waals surface area contributed by atoms with Gasteiger partial charge in [-0.1, -0.05) is 12.1 Å². The molecule has 1 aromatic rings. The summed E-state index contributed by atoms with van der Waals surface area (Å²) >= 11 is 0. The van der Waals surface area contributed by atoms with Gasteiger partial charge < -0.3 is 20.3 Å². The van der Waals surface area contributed by atoms with E-state index in [1.807, 2.05) is 7.05 Å². The number of nitrogens with zero attached hydrogens (tertiary/aromatic N) is 2. The molecule has 0 atom stereocenters. The van der Waals surface area contributed by atoms with Gasteiger partial charge in [-0.3, -0.25) is 4.99 Å². The lowest BCUT2D eigenvalue weighted by molar-refractivity contribution is 0.213. The Balaban J connectivity index is 0.00000364. The zero-order valence-corrected chi connectivity index (χ0v) is 19.9. The number of halogens is 1. The number of aryl methyl sites for hydroxylation is 1. The van der Waals surface area contributed by atoms with Gasteiger partial charge in [-0.25, -0.2) is 0 Å². The standard InChI is InChI=1S/C21H36N4O.HI/c1-16(2)26-20-14-17(3)6-7-19(20)15-24-21(22-4)23-11-8-18-9-12-25(5)13-10-18;/h6-7,14,16,18H,8-13,15H2,1-5H3,(H2,22,23,24);1H. The van der Waals surface area contributed by atoms with Crippen molar-refractivity contribution < 1.29 is 4.74 Å². The second-order valence-electron chi connectivity index (χ2n) is 7.67. The van der Waals surface area contributed by atoms with Crippen LogP contribution >= 0.6 is 24.0 Å². The van der Waals surface area contributed by atoms with Crippen LogP contribution in [0.4, 0.5) is 0 Å². The average molecular weight is 488 g/mol. The first-order valence-electron chi connectivity index (χ1n) is 9.87. The van der Waals surface area contributed by atoms with Crippen LogP contribution in [0.5, 0.6) is 5.75 Å². The Morgan fingerprint density at radius 1 is 1.26 bits per heavy atom. The third kappa shape index (κ3) is 8.68. The van der Waals surface area contributed by atoms with E-state index in [-0.39, 0.29) is 30.1 Å². The van der Waals surface area contributed by atoms with E-state index >= 15 is 0 Å². The molecule has 0 radical (unpaired) electrons. The molecule has 1 aromatic carbocycles. The van der Waals surface area contributed by atoms with Crippen molar-refractivity contribution in [1.82, 2.24) is 15.5 Å². The molecule has 1 aliphatic heterocycles. The molecule has 0 aromatic heterocycles. The Hall–Kier alpha value is -1.02. The molecule has 6 heteroatoms. The minimum atomic E-state index is 0. The third-order valence-electron chi connectivity index (χ3n) is 4.94. The molecule has 0 saturated carbocycles. The number of nitrogens with one attached hydrogen (secondary N) is 2. The normalized spacial score (nSPS) is 16.1. The van der Waals surface area contributed by atoms with Gasteiger partial charge in [0.15, 0.2) is 5.96 Å². The lowest BCUT2D eigenvalue weighted by atomic mass is 9.94. The molecule has 0 unspecified atom stereocenters. The zero-order valence-electron chi connectivity index (χ0n) is 17.5. The SMILES string of the molecule is CN=C(NCCC1CCN(C)CC1)NCc1ccc(C)cc1OC(C)C.I. The van der Waals surface area contributed by atoms with Gasteiger partial charge in [0, 0.05) is 25.7 Å². The van der Waals surface area contributed by atoms with Gasteiger partial charge in [-0.05, 0) is 77.7 Å². The fourth-order valence-electron chi connectivity index (χ4n) is 3.32. The van der Waals surface area contributed by atoms with Crippen molar-refractivity contribution in [2.45, 2.75) is 52.7 Å². The second-order valence-corrected chi connectivity index (χ2v) is 7.67. The number of likely N-dealkylation sites (tertiary alicyclic amines) is 1. The summed E-state index contributed by atoms with van der Waals surface area (Å²) in [5.41, 5.74) is 2.37. The van der Waals surface area contributed by atoms with Gasteiger partial charge in [0.2, 0.25) is 0 Å². The van der Waals surface area contributed by atoms with Crippen LogP contribution in [0.25, 0.3) is 0 Å². The lowest BCUT2D eigenvalue weighted by Crippen LogP contribution is -2.38. The lowest BCUT2D eigenvalue weighted by Gasteiger charge is -2.29. The van der Waals surface area contributed by atoms with Crippen molar-refractivity contribution in [1.29, 1.82) is 0 Å². The number of hydrogen-bond donors (Lipinski definition) is 2. The van der Waals surface area contributed by atoms with Crippen molar-refractivity contribution in [3.8, 4) is 5.75 Å². The summed E-state index contributed by atoms with van der Waals surface area (Å²) in [6, 6.07) is 6.36. The van der Waals surface area contributed by atoms with Crippen molar-refractivity contribution in [2.75, 3.05) is 33.7 Å². The molecule has 5 nitrogen and oxygen atoms in total. The predicted octanol–water partition coefficient (Wildman–Crippen LogP) is 3.80. The van der Waals surface area contributed by atoms with E-state index in [1.165, 1.54) is 37.9 Å². The first-order valence-corrected chi connectivity index (χ1v) is 9.87. The molecular formula is C21H37IN4O. The van der Waals surface area contributed by atoms with E-state index in [2.05, 4.69) is 66.5 Å². The smallest absolute Gasteiger partial charge is 0.191 e. The van der Waals surface area contributed by atoms with Crippen molar-refractivity contribution in [3.05, 3.63) is 29.3 Å². The molecule has 0 bridgehead atoms. The van der Waals surface area contributed by atoms with Crippen LogP contribution in [0.1, 0.15) is 44.2 Å². The summed E-state index contributed by atoms with van der Waals surface area (Å²) < 4.78 is 5.96. The Morgan fingerprint density at radius 3 is 2.59 bits per heavy atom. The van der Waals surface area contributed by atoms with E-state index in [1.54, 1.807) is 0 Å². The molecule has 1 aliphatic rings. The van der Waals surface area contributed by atoms with Crippen molar-refractivity contribution in [2.24, 2.45) is 10.9 Å². The van der Waals surface area contributed by atoms with E-state index in [9.17, 15) is 0 Å². The third-order valence-corrected chi connectivity index (χ3v) is 4.94. The minimum absolute atomic E-state index is 0. The van der Waals surface area contributed by atoms with Crippen LogP contribution in [0.2, 0.25) is 0 Å². The maximum absolute atomic E-state index is 5.96. The van der Waals surface area contributed by atoms with Crippen LogP contribution in [0.15, 0.2) is 23.2 Å². The number of ether oxygens (including phenoxy) is 1. The van der Waals surface area contributed by atoms with Gasteiger partial charge in [0.05, 0.1) is 6.10 Å². The molecule has 0 aliphatic carbocycles. The number of guanidine groups is 1. The topological polar surface area (TPSA) is 48.9 Å². The fourth-order valence-corrected chi connectivity index (χ4v) is 3.32. The van der Waals surface area contributed by atoms with Crippen LogP contribution in [0, 0.1) is 12.8 Å². The first kappa shape index (κ1) is 24.0. The number of piperidine rings is 1. The summed E-state index contributed by atoms with van der Waals surface area (Å²) in [6.45, 7) is 10.3. The Labute approximate surface area is 182 Å². The van der Waals surface area contributed by atoms with Gasteiger partial charge in [0.1, 0.15) is 5.75 Å². The Kier molecular flexibility index (Phi) is 11.1. The highest BCUT2D eigenvalue weighted by Crippen LogP contribution is 2.21. The number of aliphatic imine (C=N–C) groups is 1. The molecule has 1 saturated heterocycles. The predicted molar refractivity (Wildman–Crippen MR) is 125 cm³/mol. The summed E-state index contributed by atoms with van der Waals surface area (Å²) in [5.74, 6) is 2.64. The average Bonchev–Trinajstić information content (AvgIpc) is 2.60. The molecule has 1 heterocycles. The van der Waals surface area contributed by atoms with E-state index < -0.39 is 0 Å². The Morgan fingerprint density at radius 2 is 1.96 bits per heavy atom. The van der Waals surface area contributed by atoms with Gasteiger partial charge >= 0.3 is 0 Å². The summed E-state index contributed by atoms with van der Waals surface area (Å²) in [5, 5.41) is 6.87. The van der Waals surface area contributed by atoms with E-state index in [0.29, 0.717) is 6.54 Å². The van der Waals surface area contributed by atoms with Crippen LogP contribution < -0.4 is 15.4 Å². The molecule has 27 heavy (non-hydrogen) atoms. The van der Waals surface area contributed by atoms with Crippen LogP contribution in [-0.4, -0.2) is 50.7 Å². The van der Waals surface area contributed by atoms with E-state index in [0.717, 1.165) is 29.7 Å². The zero-order chi connectivity index (χ0) is 18.9. The largest absolute Gasteiger partial charge is 0.491 e. The van der Waals surface area contributed by atoms with Crippen LogP contribution in [0.3, 0.4) is 0 Å². The first-order chi connectivity index (χ1) is 12.5.